The third-order valence-electron chi connectivity index (χ3n) is 4.12. The van der Waals surface area contributed by atoms with Crippen LogP contribution >= 0.6 is 0 Å². The van der Waals surface area contributed by atoms with E-state index in [1.165, 1.54) is 12.1 Å². The van der Waals surface area contributed by atoms with Gasteiger partial charge in [-0.1, -0.05) is 30.3 Å². The van der Waals surface area contributed by atoms with Crippen LogP contribution in [0.5, 0.6) is 5.88 Å². The number of non-ortho nitro benzene ring substituents is 1. The molecule has 0 spiro atoms. The zero-order valence-electron chi connectivity index (χ0n) is 15.8. The second kappa shape index (κ2) is 9.93. The van der Waals surface area contributed by atoms with Gasteiger partial charge in [0.15, 0.2) is 5.69 Å². The molecule has 0 atom stereocenters. The molecule has 0 bridgehead atoms. The third kappa shape index (κ3) is 5.26. The molecule has 3 N–H and O–H groups in total. The maximum absolute atomic E-state index is 11.1. The molecule has 1 aromatic heterocycles. The largest absolute Gasteiger partial charge is 0.468 e. The number of nitrogens with two attached hydrogens (primary N) is 1. The molecule has 0 saturated heterocycles. The number of hydrogen-bond acceptors (Lipinski definition) is 9. The normalized spacial score (nSPS) is 10.5. The molecule has 0 radical (unpaired) electrons. The lowest BCUT2D eigenvalue weighted by atomic mass is 10.2. The number of benzene rings is 2. The molecule has 0 aliphatic rings. The van der Waals surface area contributed by atoms with E-state index in [1.54, 1.807) is 0 Å². The van der Waals surface area contributed by atoms with Gasteiger partial charge in [0, 0.05) is 11.6 Å². The highest BCUT2D eigenvalue weighted by atomic mass is 16.6. The Kier molecular flexibility index (Phi) is 6.84. The fraction of sp³-hybridized carbons (Fsp3) is 0.222. The zero-order valence-corrected chi connectivity index (χ0v) is 15.8. The Balaban J connectivity index is 1.41. The Bertz CT molecular complexity index is 1010. The van der Waals surface area contributed by atoms with E-state index in [0.717, 1.165) is 11.6 Å². The van der Waals surface area contributed by atoms with Crippen LogP contribution in [0.1, 0.15) is 0 Å². The molecular weight excluding hydrogens is 396 g/mol. The van der Waals surface area contributed by atoms with Crippen LogP contribution in [0, 0.1) is 20.2 Å². The number of aromatic nitrogens is 2. The summed E-state index contributed by atoms with van der Waals surface area (Å²) in [5.41, 5.74) is 0.943. The van der Waals surface area contributed by atoms with Crippen molar-refractivity contribution >= 4 is 17.1 Å². The summed E-state index contributed by atoms with van der Waals surface area (Å²) in [5.74, 6) is 0.314. The van der Waals surface area contributed by atoms with Gasteiger partial charge in [-0.15, -0.1) is 0 Å². The first-order valence-electron chi connectivity index (χ1n) is 9.05. The standard InChI is InChI=1S/C18H18N6O6/c25-23(26)14-6-7-15(16(12-14)24(27)28)20-9-8-19-10-11-29-18-17(21-30-22-18)13-4-2-1-3-5-13/h1-7,12,19-20H,8-11H2/p+1. The summed E-state index contributed by atoms with van der Waals surface area (Å²) in [4.78, 5) is 20.6. The van der Waals surface area contributed by atoms with Gasteiger partial charge < -0.3 is 15.4 Å². The predicted molar refractivity (Wildman–Crippen MR) is 105 cm³/mol. The Morgan fingerprint density at radius 3 is 2.57 bits per heavy atom. The first-order valence-corrected chi connectivity index (χ1v) is 9.05. The van der Waals surface area contributed by atoms with E-state index in [0.29, 0.717) is 37.8 Å². The number of quaternary nitrogens is 1. The lowest BCUT2D eigenvalue weighted by molar-refractivity contribution is -0.652. The molecule has 156 valence electrons. The molecule has 3 aromatic rings. The Hall–Kier alpha value is -4.06. The monoisotopic (exact) mass is 415 g/mol. The van der Waals surface area contributed by atoms with Crippen LogP contribution in [0.4, 0.5) is 17.1 Å². The highest BCUT2D eigenvalue weighted by Crippen LogP contribution is 2.28. The lowest BCUT2D eigenvalue weighted by Crippen LogP contribution is -2.86. The molecule has 1 heterocycles. The molecule has 3 rings (SSSR count). The van der Waals surface area contributed by atoms with Gasteiger partial charge in [0.1, 0.15) is 18.8 Å². The van der Waals surface area contributed by atoms with Crippen molar-refractivity contribution in [2.75, 3.05) is 31.6 Å². The number of ether oxygens (including phenoxy) is 1. The first-order chi connectivity index (χ1) is 14.6. The van der Waals surface area contributed by atoms with Crippen molar-refractivity contribution < 1.29 is 24.5 Å². The molecule has 2 aromatic carbocycles. The van der Waals surface area contributed by atoms with Gasteiger partial charge in [-0.05, 0) is 16.4 Å². The van der Waals surface area contributed by atoms with Crippen molar-refractivity contribution in [3.63, 3.8) is 0 Å². The van der Waals surface area contributed by atoms with Crippen LogP contribution in [0.15, 0.2) is 53.2 Å². The van der Waals surface area contributed by atoms with E-state index < -0.39 is 9.85 Å². The molecule has 0 fully saturated rings. The number of hydrogen-bond donors (Lipinski definition) is 2. The molecule has 0 aliphatic heterocycles. The zero-order chi connectivity index (χ0) is 21.3. The minimum Gasteiger partial charge on any atom is -0.468 e. The second-order valence-corrected chi connectivity index (χ2v) is 6.14. The summed E-state index contributed by atoms with van der Waals surface area (Å²) >= 11 is 0. The minimum atomic E-state index is -0.668. The highest BCUT2D eigenvalue weighted by molar-refractivity contribution is 5.65. The smallest absolute Gasteiger partial charge is 0.299 e. The van der Waals surface area contributed by atoms with Crippen molar-refractivity contribution in [1.82, 2.24) is 10.3 Å². The number of anilines is 1. The number of nitrogens with zero attached hydrogens (tertiary/aromatic N) is 4. The summed E-state index contributed by atoms with van der Waals surface area (Å²) in [6.45, 7) is 2.02. The van der Waals surface area contributed by atoms with Gasteiger partial charge in [0.25, 0.3) is 17.3 Å². The van der Waals surface area contributed by atoms with E-state index >= 15 is 0 Å². The number of nitrogens with one attached hydrogen (secondary N) is 1. The minimum absolute atomic E-state index is 0.233. The SMILES string of the molecule is O=[N+]([O-])c1ccc(NCC[NH2+]CCOc2nonc2-c2ccccc2)c([N+](=O)[O-])c1. The molecule has 0 amide bonds. The average Bonchev–Trinajstić information content (AvgIpc) is 3.22. The van der Waals surface area contributed by atoms with E-state index in [2.05, 4.69) is 15.6 Å². The summed E-state index contributed by atoms with van der Waals surface area (Å²) in [6, 6.07) is 12.9. The highest BCUT2D eigenvalue weighted by Gasteiger charge is 2.19. The summed E-state index contributed by atoms with van der Waals surface area (Å²) < 4.78 is 10.4. The molecule has 0 aliphatic carbocycles. The van der Waals surface area contributed by atoms with Crippen molar-refractivity contribution in [3.05, 3.63) is 68.8 Å². The molecule has 12 nitrogen and oxygen atoms in total. The van der Waals surface area contributed by atoms with Gasteiger partial charge in [-0.25, -0.2) is 4.63 Å². The summed E-state index contributed by atoms with van der Waals surface area (Å²) in [7, 11) is 0. The maximum atomic E-state index is 11.1. The van der Waals surface area contributed by atoms with Crippen LogP contribution < -0.4 is 15.4 Å². The van der Waals surface area contributed by atoms with Gasteiger partial charge in [-0.3, -0.25) is 20.2 Å². The Morgan fingerprint density at radius 1 is 1.03 bits per heavy atom. The van der Waals surface area contributed by atoms with Crippen LogP contribution in [-0.2, 0) is 0 Å². The summed E-state index contributed by atoms with van der Waals surface area (Å²) in [5, 5.41) is 34.4. The van der Waals surface area contributed by atoms with Crippen molar-refractivity contribution in [1.29, 1.82) is 0 Å². The van der Waals surface area contributed by atoms with E-state index in [9.17, 15) is 20.2 Å². The lowest BCUT2D eigenvalue weighted by Gasteiger charge is -2.07. The molecule has 12 heteroatoms. The molecule has 30 heavy (non-hydrogen) atoms. The number of nitro benzene ring substituents is 2. The van der Waals surface area contributed by atoms with Crippen molar-refractivity contribution in [3.8, 4) is 17.1 Å². The predicted octanol–water partition coefficient (Wildman–Crippen LogP) is 1.61. The molecule has 0 saturated carbocycles. The third-order valence-corrected chi connectivity index (χ3v) is 4.12. The summed E-state index contributed by atoms with van der Waals surface area (Å²) in [6.07, 6.45) is 0. The molecule has 0 unspecified atom stereocenters. The van der Waals surface area contributed by atoms with Crippen molar-refractivity contribution in [2.45, 2.75) is 0 Å². The second-order valence-electron chi connectivity index (χ2n) is 6.14. The van der Waals surface area contributed by atoms with Gasteiger partial charge in [-0.2, -0.15) is 0 Å². The maximum Gasteiger partial charge on any atom is 0.299 e. The topological polar surface area (TPSA) is 163 Å². The van der Waals surface area contributed by atoms with E-state index in [-0.39, 0.29) is 17.1 Å². The van der Waals surface area contributed by atoms with Gasteiger partial charge in [0.05, 0.1) is 29.0 Å². The molecular formula is C18H19N6O6+. The van der Waals surface area contributed by atoms with Crippen LogP contribution in [0.2, 0.25) is 0 Å². The average molecular weight is 415 g/mol. The number of nitro groups is 2. The fourth-order valence-electron chi connectivity index (χ4n) is 2.67. The quantitative estimate of drug-likeness (QED) is 0.269. The Labute approximate surface area is 170 Å². The van der Waals surface area contributed by atoms with Crippen LogP contribution in [0.25, 0.3) is 11.3 Å². The number of rotatable bonds is 11. The fourth-order valence-corrected chi connectivity index (χ4v) is 2.67. The first kappa shape index (κ1) is 20.7. The van der Waals surface area contributed by atoms with Gasteiger partial charge in [0.2, 0.25) is 0 Å². The van der Waals surface area contributed by atoms with Crippen LogP contribution in [-0.4, -0.2) is 46.4 Å². The Morgan fingerprint density at radius 2 is 1.83 bits per heavy atom. The van der Waals surface area contributed by atoms with Gasteiger partial charge >= 0.3 is 0 Å². The van der Waals surface area contributed by atoms with Crippen molar-refractivity contribution in [2.24, 2.45) is 0 Å². The van der Waals surface area contributed by atoms with E-state index in [4.69, 9.17) is 9.37 Å². The van der Waals surface area contributed by atoms with E-state index in [1.807, 2.05) is 35.6 Å². The van der Waals surface area contributed by atoms with Crippen LogP contribution in [0.3, 0.4) is 0 Å².